The smallest absolute Gasteiger partial charge is 0.175 e. The van der Waals surface area contributed by atoms with Crippen LogP contribution < -0.4 is 15.2 Å². The Hall–Kier alpha value is -0.450. The molecule has 0 spiro atoms. The maximum absolute atomic E-state index is 6.32. The molecule has 2 rings (SSSR count). The molecule has 0 saturated heterocycles. The van der Waals surface area contributed by atoms with Gasteiger partial charge < -0.3 is 15.2 Å². The molecule has 0 aromatic heterocycles. The van der Waals surface area contributed by atoms with Crippen LogP contribution in [0, 0.1) is 0 Å². The minimum Gasteiger partial charge on any atom is -0.492 e. The van der Waals surface area contributed by atoms with Crippen molar-refractivity contribution in [2.24, 2.45) is 5.73 Å². The minimum absolute atomic E-state index is 0.0313. The Balaban J connectivity index is 2.65. The summed E-state index contributed by atoms with van der Waals surface area (Å²) >= 11 is 9.75. The monoisotopic (exact) mass is 319 g/mol. The average molecular weight is 321 g/mol. The number of benzene rings is 1. The molecule has 17 heavy (non-hydrogen) atoms. The number of hydrogen-bond acceptors (Lipinski definition) is 3. The van der Waals surface area contributed by atoms with Crippen molar-refractivity contribution >= 4 is 27.5 Å². The molecule has 0 bridgehead atoms. The van der Waals surface area contributed by atoms with E-state index in [0.29, 0.717) is 23.1 Å². The van der Waals surface area contributed by atoms with Crippen LogP contribution in [0.4, 0.5) is 0 Å². The highest BCUT2D eigenvalue weighted by atomic mass is 79.9. The number of ether oxygens (including phenoxy) is 2. The topological polar surface area (TPSA) is 44.5 Å². The van der Waals surface area contributed by atoms with Gasteiger partial charge in [0.05, 0.1) is 18.7 Å². The van der Waals surface area contributed by atoms with Crippen molar-refractivity contribution in [2.75, 3.05) is 20.8 Å². The summed E-state index contributed by atoms with van der Waals surface area (Å²) in [7, 11) is 3.24. The largest absolute Gasteiger partial charge is 0.492 e. The van der Waals surface area contributed by atoms with Gasteiger partial charge >= 0.3 is 0 Å². The fraction of sp³-hybridized carbons (Fsp3) is 0.500. The molecular weight excluding hydrogens is 305 g/mol. The second kappa shape index (κ2) is 4.67. The molecule has 0 radical (unpaired) electrons. The zero-order valence-corrected chi connectivity index (χ0v) is 12.2. The minimum atomic E-state index is -0.0313. The Morgan fingerprint density at radius 2 is 1.94 bits per heavy atom. The zero-order valence-electron chi connectivity index (χ0n) is 9.85. The van der Waals surface area contributed by atoms with Gasteiger partial charge in [0.25, 0.3) is 0 Å². The first kappa shape index (κ1) is 13.0. The van der Waals surface area contributed by atoms with Crippen LogP contribution >= 0.6 is 27.5 Å². The fourth-order valence-corrected chi connectivity index (χ4v) is 3.26. The molecule has 0 aliphatic heterocycles. The lowest BCUT2D eigenvalue weighted by molar-refractivity contribution is 0.347. The van der Waals surface area contributed by atoms with Crippen molar-refractivity contribution in [1.29, 1.82) is 0 Å². The number of halogens is 2. The van der Waals surface area contributed by atoms with Gasteiger partial charge in [-0.15, -0.1) is 0 Å². The van der Waals surface area contributed by atoms with Gasteiger partial charge in [0.2, 0.25) is 0 Å². The third-order valence-corrected chi connectivity index (χ3v) is 4.21. The molecule has 2 N–H and O–H groups in total. The van der Waals surface area contributed by atoms with Crippen LogP contribution in [0.15, 0.2) is 10.5 Å². The third-order valence-electron chi connectivity index (χ3n) is 3.33. The van der Waals surface area contributed by atoms with E-state index in [9.17, 15) is 0 Å². The molecule has 1 aromatic carbocycles. The molecule has 1 aliphatic carbocycles. The quantitative estimate of drug-likeness (QED) is 0.927. The molecule has 94 valence electrons. The molecule has 0 unspecified atom stereocenters. The van der Waals surface area contributed by atoms with Crippen molar-refractivity contribution < 1.29 is 9.47 Å². The van der Waals surface area contributed by atoms with Crippen molar-refractivity contribution in [2.45, 2.75) is 18.3 Å². The maximum Gasteiger partial charge on any atom is 0.175 e. The van der Waals surface area contributed by atoms with Crippen LogP contribution in [0.25, 0.3) is 0 Å². The number of nitrogens with two attached hydrogens (primary N) is 1. The second-order valence-corrected chi connectivity index (χ2v) is 5.53. The lowest BCUT2D eigenvalue weighted by atomic mass is 9.94. The first-order chi connectivity index (χ1) is 8.09. The van der Waals surface area contributed by atoms with Gasteiger partial charge in [0, 0.05) is 22.5 Å². The molecule has 0 atom stereocenters. The van der Waals surface area contributed by atoms with E-state index in [0.717, 1.165) is 22.9 Å². The summed E-state index contributed by atoms with van der Waals surface area (Å²) in [6, 6.07) is 1.84. The van der Waals surface area contributed by atoms with Gasteiger partial charge in [0.15, 0.2) is 11.5 Å². The van der Waals surface area contributed by atoms with Crippen LogP contribution in [0.1, 0.15) is 18.4 Å². The lowest BCUT2D eigenvalue weighted by Gasteiger charge is -2.21. The number of methoxy groups -OCH3 is 2. The molecule has 1 aliphatic rings. The Bertz CT molecular complexity index is 447. The van der Waals surface area contributed by atoms with Crippen molar-refractivity contribution in [3.05, 3.63) is 21.1 Å². The summed E-state index contributed by atoms with van der Waals surface area (Å²) in [4.78, 5) is 0. The molecular formula is C12H15BrClNO2. The molecule has 0 amide bonds. The summed E-state index contributed by atoms with van der Waals surface area (Å²) in [5, 5.41) is 0.678. The SMILES string of the molecule is COc1c(Br)cc(Cl)c(C2(CN)CC2)c1OC. The summed E-state index contributed by atoms with van der Waals surface area (Å²) in [6.45, 7) is 0.577. The number of rotatable bonds is 4. The predicted molar refractivity (Wildman–Crippen MR) is 72.2 cm³/mol. The summed E-state index contributed by atoms with van der Waals surface area (Å²) in [6.07, 6.45) is 2.09. The summed E-state index contributed by atoms with van der Waals surface area (Å²) in [5.41, 5.74) is 6.80. The molecule has 0 heterocycles. The van der Waals surface area contributed by atoms with Gasteiger partial charge in [-0.1, -0.05) is 11.6 Å². The number of hydrogen-bond donors (Lipinski definition) is 1. The standard InChI is InChI=1S/C12H15BrClNO2/c1-16-10-7(13)5-8(14)9(11(10)17-2)12(6-15)3-4-12/h5H,3-4,6,15H2,1-2H3. The highest BCUT2D eigenvalue weighted by Gasteiger charge is 2.47. The molecule has 1 aromatic rings. The van der Waals surface area contributed by atoms with Gasteiger partial charge in [0.1, 0.15) is 0 Å². The maximum atomic E-state index is 6.32. The predicted octanol–water partition coefficient (Wildman–Crippen LogP) is 3.11. The van der Waals surface area contributed by atoms with Crippen LogP contribution in [0.3, 0.4) is 0 Å². The van der Waals surface area contributed by atoms with Gasteiger partial charge in [-0.05, 0) is 34.8 Å². The molecule has 1 fully saturated rings. The van der Waals surface area contributed by atoms with E-state index >= 15 is 0 Å². The first-order valence-electron chi connectivity index (χ1n) is 5.40. The highest BCUT2D eigenvalue weighted by Crippen LogP contribution is 2.56. The highest BCUT2D eigenvalue weighted by molar-refractivity contribution is 9.10. The van der Waals surface area contributed by atoms with E-state index in [4.69, 9.17) is 26.8 Å². The van der Waals surface area contributed by atoms with Crippen molar-refractivity contribution in [3.8, 4) is 11.5 Å². The Labute approximate surface area is 114 Å². The third kappa shape index (κ3) is 2.02. The first-order valence-corrected chi connectivity index (χ1v) is 6.57. The van der Waals surface area contributed by atoms with Gasteiger partial charge in [-0.25, -0.2) is 0 Å². The normalized spacial score (nSPS) is 16.8. The summed E-state index contributed by atoms with van der Waals surface area (Å²) in [5.74, 6) is 1.36. The average Bonchev–Trinajstić information content (AvgIpc) is 3.08. The van der Waals surface area contributed by atoms with Gasteiger partial charge in [-0.2, -0.15) is 0 Å². The van der Waals surface area contributed by atoms with E-state index in [1.54, 1.807) is 14.2 Å². The second-order valence-electron chi connectivity index (χ2n) is 4.27. The van der Waals surface area contributed by atoms with Crippen LogP contribution in [-0.4, -0.2) is 20.8 Å². The van der Waals surface area contributed by atoms with E-state index in [2.05, 4.69) is 15.9 Å². The van der Waals surface area contributed by atoms with Crippen molar-refractivity contribution in [1.82, 2.24) is 0 Å². The Morgan fingerprint density at radius 3 is 2.35 bits per heavy atom. The van der Waals surface area contributed by atoms with Gasteiger partial charge in [-0.3, -0.25) is 0 Å². The van der Waals surface area contributed by atoms with Crippen molar-refractivity contribution in [3.63, 3.8) is 0 Å². The van der Waals surface area contributed by atoms with E-state index < -0.39 is 0 Å². The van der Waals surface area contributed by atoms with Crippen LogP contribution in [-0.2, 0) is 5.41 Å². The summed E-state index contributed by atoms with van der Waals surface area (Å²) < 4.78 is 11.6. The Morgan fingerprint density at radius 1 is 1.35 bits per heavy atom. The van der Waals surface area contributed by atoms with E-state index in [-0.39, 0.29) is 5.41 Å². The van der Waals surface area contributed by atoms with Crippen LogP contribution in [0.5, 0.6) is 11.5 Å². The van der Waals surface area contributed by atoms with E-state index in [1.165, 1.54) is 0 Å². The fourth-order valence-electron chi connectivity index (χ4n) is 2.17. The molecule has 3 nitrogen and oxygen atoms in total. The molecule has 1 saturated carbocycles. The lowest BCUT2D eigenvalue weighted by Crippen LogP contribution is -2.21. The van der Waals surface area contributed by atoms with E-state index in [1.807, 2.05) is 6.07 Å². The zero-order chi connectivity index (χ0) is 12.6. The molecule has 5 heteroatoms. The van der Waals surface area contributed by atoms with Crippen LogP contribution in [0.2, 0.25) is 5.02 Å². The Kier molecular flexibility index (Phi) is 3.57.